The monoisotopic (exact) mass is 572 g/mol. The van der Waals surface area contributed by atoms with E-state index in [1.165, 1.54) is 16.9 Å². The Labute approximate surface area is 233 Å². The molecule has 1 aliphatic heterocycles. The van der Waals surface area contributed by atoms with Gasteiger partial charge in [-0.25, -0.2) is 8.78 Å². The lowest BCUT2D eigenvalue weighted by Crippen LogP contribution is -2.70. The molecular weight excluding hydrogens is 542 g/mol. The maximum Gasteiger partial charge on any atom is 0.278 e. The van der Waals surface area contributed by atoms with Crippen molar-refractivity contribution in [3.8, 4) is 16.3 Å². The van der Waals surface area contributed by atoms with Crippen LogP contribution in [0, 0.1) is 17.6 Å². The van der Waals surface area contributed by atoms with Crippen molar-refractivity contribution in [2.75, 3.05) is 32.7 Å². The largest absolute Gasteiger partial charge is 0.502 e. The van der Waals surface area contributed by atoms with Crippen molar-refractivity contribution in [3.05, 3.63) is 62.5 Å². The lowest BCUT2D eigenvalue weighted by atomic mass is 9.79. The molecule has 2 aromatic heterocycles. The van der Waals surface area contributed by atoms with E-state index in [0.717, 1.165) is 23.5 Å². The molecule has 5 rings (SSSR count). The molecule has 0 radical (unpaired) electrons. The Bertz CT molecular complexity index is 1550. The molecule has 1 aromatic carbocycles. The van der Waals surface area contributed by atoms with Crippen LogP contribution in [-0.4, -0.2) is 74.9 Å². The van der Waals surface area contributed by atoms with Crippen LogP contribution in [0.5, 0.6) is 5.75 Å². The Hall–Kier alpha value is -3.87. The molecule has 1 fully saturated rings. The molecule has 0 saturated heterocycles. The number of benzene rings is 1. The minimum Gasteiger partial charge on any atom is -0.502 e. The number of hydrogen-bond acceptors (Lipinski definition) is 8. The fourth-order valence-electron chi connectivity index (χ4n) is 5.85. The van der Waals surface area contributed by atoms with E-state index in [2.05, 4.69) is 10.2 Å². The highest BCUT2D eigenvalue weighted by Gasteiger charge is 2.51. The third-order valence-corrected chi connectivity index (χ3v) is 8.94. The molecule has 1 spiro atoms. The molecule has 0 bridgehead atoms. The fraction of sp³-hybridized carbons (Fsp3) is 0.444. The molecule has 1 saturated carbocycles. The highest BCUT2D eigenvalue weighted by atomic mass is 32.1. The summed E-state index contributed by atoms with van der Waals surface area (Å²) in [5.74, 6) is -2.65. The predicted molar refractivity (Wildman–Crippen MR) is 145 cm³/mol. The van der Waals surface area contributed by atoms with Crippen LogP contribution in [0.15, 0.2) is 29.2 Å². The van der Waals surface area contributed by atoms with E-state index >= 15 is 0 Å². The molecule has 13 heteroatoms. The predicted octanol–water partition coefficient (Wildman–Crippen LogP) is 2.96. The normalized spacial score (nSPS) is 20.6. The first-order valence-corrected chi connectivity index (χ1v) is 13.8. The molecule has 1 N–H and O–H groups in total. The van der Waals surface area contributed by atoms with Crippen molar-refractivity contribution in [1.29, 1.82) is 0 Å². The Morgan fingerprint density at radius 2 is 1.90 bits per heavy atom. The Morgan fingerprint density at radius 3 is 2.52 bits per heavy atom. The molecule has 0 atom stereocenters. The van der Waals surface area contributed by atoms with E-state index in [0.29, 0.717) is 37.2 Å². The quantitative estimate of drug-likeness (QED) is 0.500. The van der Waals surface area contributed by atoms with Gasteiger partial charge < -0.3 is 14.9 Å². The first-order valence-electron chi connectivity index (χ1n) is 13.0. The zero-order valence-electron chi connectivity index (χ0n) is 22.6. The molecular formula is C27H30F2N6O4S. The lowest BCUT2D eigenvalue weighted by molar-refractivity contribution is -0.135. The van der Waals surface area contributed by atoms with Crippen LogP contribution in [0.4, 0.5) is 8.78 Å². The molecule has 0 unspecified atom stereocenters. The molecule has 3 heterocycles. The van der Waals surface area contributed by atoms with Crippen LogP contribution in [-0.2, 0) is 11.2 Å². The van der Waals surface area contributed by atoms with Gasteiger partial charge in [0.2, 0.25) is 11.3 Å². The third-order valence-electron chi connectivity index (χ3n) is 7.99. The summed E-state index contributed by atoms with van der Waals surface area (Å²) in [4.78, 5) is 42.8. The SMILES string of the molecule is CCN1C(=O)c2c(O)c(=O)c(-c3nnc(Cc4ccc(F)cc4F)s3)cn2N(C)C12CCC(C(=O)N(C)C)CC2. The van der Waals surface area contributed by atoms with Crippen LogP contribution in [0.25, 0.3) is 10.6 Å². The molecule has 2 amide bonds. The smallest absolute Gasteiger partial charge is 0.278 e. The number of halogens is 2. The maximum atomic E-state index is 14.2. The highest BCUT2D eigenvalue weighted by molar-refractivity contribution is 7.14. The number of aromatic nitrogens is 3. The van der Waals surface area contributed by atoms with Gasteiger partial charge in [-0.05, 0) is 44.2 Å². The van der Waals surface area contributed by atoms with E-state index in [9.17, 15) is 28.3 Å². The zero-order chi connectivity index (χ0) is 28.9. The number of fused-ring (bicyclic) bond motifs is 1. The summed E-state index contributed by atoms with van der Waals surface area (Å²) in [7, 11) is 5.25. The van der Waals surface area contributed by atoms with Crippen LogP contribution in [0.3, 0.4) is 0 Å². The summed E-state index contributed by atoms with van der Waals surface area (Å²) < 4.78 is 28.9. The minimum atomic E-state index is -0.768. The van der Waals surface area contributed by atoms with Gasteiger partial charge in [0.25, 0.3) is 5.91 Å². The number of hydrogen-bond donors (Lipinski definition) is 1. The highest BCUT2D eigenvalue weighted by Crippen LogP contribution is 2.42. The summed E-state index contributed by atoms with van der Waals surface area (Å²) in [6.45, 7) is 2.20. The topological polar surface area (TPSA) is 112 Å². The first kappa shape index (κ1) is 27.7. The van der Waals surface area contributed by atoms with E-state index in [-0.39, 0.29) is 40.1 Å². The summed E-state index contributed by atoms with van der Waals surface area (Å²) >= 11 is 1.04. The number of pyridine rings is 1. The van der Waals surface area contributed by atoms with Gasteiger partial charge in [0.05, 0.1) is 5.56 Å². The molecule has 40 heavy (non-hydrogen) atoms. The number of nitrogens with zero attached hydrogens (tertiary/aromatic N) is 6. The third kappa shape index (κ3) is 4.41. The standard InChI is InChI=1S/C27H30F2N6O4S/c1-5-34-26(39)21-23(37)22(36)18(24-31-30-20(40-24)12-16-6-7-17(28)13-19(16)29)14-35(21)33(4)27(34)10-8-15(9-11-27)25(38)32(2)3/h6-7,13-15,37H,5,8-12H2,1-4H3. The number of carbonyl (C=O) groups is 2. The van der Waals surface area contributed by atoms with Crippen molar-refractivity contribution in [2.45, 2.75) is 44.7 Å². The van der Waals surface area contributed by atoms with Gasteiger partial charge in [-0.2, -0.15) is 0 Å². The first-order chi connectivity index (χ1) is 19.0. The van der Waals surface area contributed by atoms with E-state index < -0.39 is 34.4 Å². The van der Waals surface area contributed by atoms with Crippen molar-refractivity contribution < 1.29 is 23.5 Å². The molecule has 1 aliphatic carbocycles. The second-order valence-corrected chi connectivity index (χ2v) is 11.5. The molecule has 212 valence electrons. The van der Waals surface area contributed by atoms with Gasteiger partial charge in [-0.15, -0.1) is 10.2 Å². The van der Waals surface area contributed by atoms with Gasteiger partial charge in [0.1, 0.15) is 22.3 Å². The van der Waals surface area contributed by atoms with E-state index in [4.69, 9.17) is 0 Å². The number of aromatic hydroxyl groups is 1. The van der Waals surface area contributed by atoms with E-state index in [1.807, 2.05) is 11.9 Å². The van der Waals surface area contributed by atoms with Gasteiger partial charge in [-0.3, -0.25) is 24.1 Å². The number of amides is 2. The van der Waals surface area contributed by atoms with Crippen molar-refractivity contribution in [2.24, 2.45) is 5.92 Å². The average Bonchev–Trinajstić information content (AvgIpc) is 3.39. The molecule has 3 aromatic rings. The van der Waals surface area contributed by atoms with Crippen LogP contribution >= 0.6 is 11.3 Å². The van der Waals surface area contributed by atoms with Crippen LogP contribution in [0.2, 0.25) is 0 Å². The zero-order valence-corrected chi connectivity index (χ0v) is 23.5. The summed E-state index contributed by atoms with van der Waals surface area (Å²) in [5.41, 5.74) is -1.40. The van der Waals surface area contributed by atoms with Crippen LogP contribution < -0.4 is 10.4 Å². The Morgan fingerprint density at radius 1 is 1.20 bits per heavy atom. The lowest BCUT2D eigenvalue weighted by Gasteiger charge is -2.56. The number of rotatable bonds is 5. The Balaban J connectivity index is 1.51. The number of carbonyl (C=O) groups excluding carboxylic acids is 2. The average molecular weight is 573 g/mol. The second kappa shape index (κ2) is 10.3. The van der Waals surface area contributed by atoms with E-state index in [1.54, 1.807) is 30.9 Å². The summed E-state index contributed by atoms with van der Waals surface area (Å²) in [5, 5.41) is 21.6. The van der Waals surface area contributed by atoms with Gasteiger partial charge in [0.15, 0.2) is 16.5 Å². The Kier molecular flexibility index (Phi) is 7.11. The van der Waals surface area contributed by atoms with Crippen molar-refractivity contribution >= 4 is 23.2 Å². The van der Waals surface area contributed by atoms with Crippen molar-refractivity contribution in [1.82, 2.24) is 24.7 Å². The second-order valence-electron chi connectivity index (χ2n) is 10.4. The maximum absolute atomic E-state index is 14.2. The summed E-state index contributed by atoms with van der Waals surface area (Å²) in [6, 6.07) is 3.27. The summed E-state index contributed by atoms with van der Waals surface area (Å²) in [6.07, 6.45) is 3.74. The van der Waals surface area contributed by atoms with Gasteiger partial charge >= 0.3 is 0 Å². The minimum absolute atomic E-state index is 0.0424. The van der Waals surface area contributed by atoms with Gasteiger partial charge in [0, 0.05) is 52.3 Å². The van der Waals surface area contributed by atoms with Gasteiger partial charge in [-0.1, -0.05) is 17.4 Å². The fourth-order valence-corrected chi connectivity index (χ4v) is 6.72. The van der Waals surface area contributed by atoms with Crippen LogP contribution in [0.1, 0.15) is 53.7 Å². The van der Waals surface area contributed by atoms with Crippen molar-refractivity contribution in [3.63, 3.8) is 0 Å². The molecule has 10 nitrogen and oxygen atoms in total. The molecule has 2 aliphatic rings.